The number of benzene rings is 3. The number of nitrogens with zero attached hydrogens (tertiary/aromatic N) is 1. The van der Waals surface area contributed by atoms with Gasteiger partial charge in [-0.15, -0.1) is 0 Å². The van der Waals surface area contributed by atoms with Crippen LogP contribution in [0, 0.1) is 5.92 Å². The first-order valence-corrected chi connectivity index (χ1v) is 10.6. The number of carbonyl (C=O) groups is 2. The summed E-state index contributed by atoms with van der Waals surface area (Å²) < 4.78 is 0. The van der Waals surface area contributed by atoms with E-state index >= 15 is 0 Å². The molecule has 3 nitrogen and oxygen atoms in total. The number of Topliss-reactive ketones (excluding diaryl/α,β-unsaturated/α-hetero) is 2. The Morgan fingerprint density at radius 2 is 1.42 bits per heavy atom. The summed E-state index contributed by atoms with van der Waals surface area (Å²) in [5.74, 6) is -1.24. The first kappa shape index (κ1) is 21.0. The van der Waals surface area contributed by atoms with Gasteiger partial charge in [0.2, 0.25) is 0 Å². The van der Waals surface area contributed by atoms with E-state index in [4.69, 9.17) is 11.6 Å². The molecule has 0 bridgehead atoms. The van der Waals surface area contributed by atoms with Crippen molar-refractivity contribution in [1.29, 1.82) is 0 Å². The van der Waals surface area contributed by atoms with Crippen LogP contribution in [0.4, 0.5) is 0 Å². The van der Waals surface area contributed by atoms with Gasteiger partial charge in [-0.25, -0.2) is 0 Å². The third-order valence-corrected chi connectivity index (χ3v) is 5.89. The van der Waals surface area contributed by atoms with Gasteiger partial charge in [0, 0.05) is 39.0 Å². The van der Waals surface area contributed by atoms with Crippen LogP contribution < -0.4 is 0 Å². The molecule has 0 saturated carbocycles. The third kappa shape index (κ3) is 4.14. The van der Waals surface area contributed by atoms with Crippen molar-refractivity contribution < 1.29 is 9.59 Å². The Hall–Kier alpha value is -3.30. The maximum atomic E-state index is 13.6. The normalized spacial score (nSPS) is 18.5. The largest absolute Gasteiger partial charge is 0.293 e. The molecule has 3 aromatic carbocycles. The van der Waals surface area contributed by atoms with Gasteiger partial charge in [0.1, 0.15) is 0 Å². The Morgan fingerprint density at radius 3 is 2.03 bits per heavy atom. The fourth-order valence-corrected chi connectivity index (χ4v) is 4.46. The summed E-state index contributed by atoms with van der Waals surface area (Å²) in [7, 11) is 0. The monoisotopic (exact) mass is 427 g/mol. The predicted octanol–water partition coefficient (Wildman–Crippen LogP) is 6.55. The van der Waals surface area contributed by atoms with E-state index in [1.54, 1.807) is 30.3 Å². The molecule has 0 aliphatic carbocycles. The highest BCUT2D eigenvalue weighted by Gasteiger charge is 2.41. The SMILES string of the molecule is CC1=NC(C)=C(C(=O)c2ccccc2)C(c2cccc(Cl)c2)C1C(=O)c1ccccc1. The van der Waals surface area contributed by atoms with E-state index in [0.29, 0.717) is 33.1 Å². The van der Waals surface area contributed by atoms with Crippen LogP contribution in [0.5, 0.6) is 0 Å². The van der Waals surface area contributed by atoms with E-state index in [1.165, 1.54) is 0 Å². The van der Waals surface area contributed by atoms with E-state index in [1.807, 2.05) is 68.4 Å². The second-order valence-corrected chi connectivity index (χ2v) is 8.12. The number of halogens is 1. The fraction of sp³-hybridized carbons (Fsp3) is 0.148. The standard InChI is InChI=1S/C27H22ClNO2/c1-17-23(26(30)19-10-5-3-6-11-19)25(21-14-9-15-22(28)16-21)24(18(2)29-17)27(31)20-12-7-4-8-13-20/h3-16,23,25H,1-2H3. The number of ketones is 2. The van der Waals surface area contributed by atoms with Gasteiger partial charge < -0.3 is 0 Å². The molecule has 4 rings (SSSR count). The molecule has 0 aromatic heterocycles. The number of carbonyl (C=O) groups excluding carboxylic acids is 2. The quantitative estimate of drug-likeness (QED) is 0.433. The molecule has 0 fully saturated rings. The van der Waals surface area contributed by atoms with Gasteiger partial charge in [0.05, 0.1) is 5.92 Å². The zero-order valence-electron chi connectivity index (χ0n) is 17.4. The average molecular weight is 428 g/mol. The molecule has 1 aliphatic rings. The molecule has 1 aliphatic heterocycles. The van der Waals surface area contributed by atoms with Crippen LogP contribution in [0.15, 0.2) is 101 Å². The maximum Gasteiger partial charge on any atom is 0.191 e. The highest BCUT2D eigenvalue weighted by molar-refractivity contribution is 6.30. The molecule has 0 radical (unpaired) electrons. The number of hydrogen-bond donors (Lipinski definition) is 0. The molecular formula is C27H22ClNO2. The predicted molar refractivity (Wildman–Crippen MR) is 125 cm³/mol. The van der Waals surface area contributed by atoms with Crippen molar-refractivity contribution in [2.24, 2.45) is 10.9 Å². The molecule has 154 valence electrons. The molecule has 1 heterocycles. The minimum atomic E-state index is -0.591. The minimum absolute atomic E-state index is 0.0577. The topological polar surface area (TPSA) is 46.5 Å². The Balaban J connectivity index is 1.90. The van der Waals surface area contributed by atoms with Crippen molar-refractivity contribution >= 4 is 28.9 Å². The van der Waals surface area contributed by atoms with E-state index in [2.05, 4.69) is 4.99 Å². The van der Waals surface area contributed by atoms with Crippen molar-refractivity contribution in [3.05, 3.63) is 118 Å². The Bertz CT molecular complexity index is 1200. The lowest BCUT2D eigenvalue weighted by Gasteiger charge is -2.33. The molecule has 3 aromatic rings. The lowest BCUT2D eigenvalue weighted by atomic mass is 9.71. The summed E-state index contributed by atoms with van der Waals surface area (Å²) in [6.45, 7) is 3.69. The third-order valence-electron chi connectivity index (χ3n) is 5.66. The molecule has 2 unspecified atom stereocenters. The molecule has 0 N–H and O–H groups in total. The van der Waals surface area contributed by atoms with Gasteiger partial charge in [-0.3, -0.25) is 14.6 Å². The Labute approximate surface area is 187 Å². The van der Waals surface area contributed by atoms with Gasteiger partial charge in [0.25, 0.3) is 0 Å². The summed E-state index contributed by atoms with van der Waals surface area (Å²) >= 11 is 6.31. The second kappa shape index (κ2) is 8.83. The molecule has 0 saturated heterocycles. The van der Waals surface area contributed by atoms with Crippen molar-refractivity contribution in [3.63, 3.8) is 0 Å². The Morgan fingerprint density at radius 1 is 0.806 bits per heavy atom. The smallest absolute Gasteiger partial charge is 0.191 e. The number of rotatable bonds is 5. The first-order chi connectivity index (χ1) is 15.0. The van der Waals surface area contributed by atoms with Gasteiger partial charge in [-0.2, -0.15) is 0 Å². The van der Waals surface area contributed by atoms with Gasteiger partial charge in [0.15, 0.2) is 11.6 Å². The zero-order valence-corrected chi connectivity index (χ0v) is 18.1. The highest BCUT2D eigenvalue weighted by Crippen LogP contribution is 2.42. The van der Waals surface area contributed by atoms with Crippen LogP contribution >= 0.6 is 11.6 Å². The maximum absolute atomic E-state index is 13.6. The van der Waals surface area contributed by atoms with Crippen LogP contribution in [0.3, 0.4) is 0 Å². The second-order valence-electron chi connectivity index (χ2n) is 7.69. The van der Waals surface area contributed by atoms with E-state index in [-0.39, 0.29) is 11.6 Å². The van der Waals surface area contributed by atoms with Crippen LogP contribution in [0.1, 0.15) is 46.0 Å². The average Bonchev–Trinajstić information content (AvgIpc) is 2.79. The van der Waals surface area contributed by atoms with E-state index in [0.717, 1.165) is 5.56 Å². The van der Waals surface area contributed by atoms with E-state index in [9.17, 15) is 9.59 Å². The van der Waals surface area contributed by atoms with Gasteiger partial charge in [-0.05, 0) is 31.5 Å². The zero-order chi connectivity index (χ0) is 22.0. The summed E-state index contributed by atoms with van der Waals surface area (Å²) in [6, 6.07) is 25.7. The molecule has 31 heavy (non-hydrogen) atoms. The van der Waals surface area contributed by atoms with Crippen molar-refractivity contribution in [2.75, 3.05) is 0 Å². The Kier molecular flexibility index (Phi) is 5.97. The summed E-state index contributed by atoms with van der Waals surface area (Å²) in [6.07, 6.45) is 0. The lowest BCUT2D eigenvalue weighted by molar-refractivity contribution is 0.0938. The summed E-state index contributed by atoms with van der Waals surface area (Å²) in [4.78, 5) is 31.9. The van der Waals surface area contributed by atoms with Crippen LogP contribution in [-0.2, 0) is 0 Å². The van der Waals surface area contributed by atoms with Crippen molar-refractivity contribution in [2.45, 2.75) is 19.8 Å². The molecule has 4 heteroatoms. The molecular weight excluding hydrogens is 406 g/mol. The number of allylic oxidation sites excluding steroid dienone is 2. The molecule has 0 spiro atoms. The van der Waals surface area contributed by atoms with E-state index < -0.39 is 11.8 Å². The molecule has 2 atom stereocenters. The lowest BCUT2D eigenvalue weighted by Crippen LogP contribution is -2.35. The van der Waals surface area contributed by atoms with Crippen LogP contribution in [-0.4, -0.2) is 17.3 Å². The summed E-state index contributed by atoms with van der Waals surface area (Å²) in [5, 5.41) is 0.563. The van der Waals surface area contributed by atoms with Gasteiger partial charge in [-0.1, -0.05) is 84.4 Å². The number of hydrogen-bond acceptors (Lipinski definition) is 3. The minimum Gasteiger partial charge on any atom is -0.293 e. The van der Waals surface area contributed by atoms with Crippen LogP contribution in [0.2, 0.25) is 5.02 Å². The van der Waals surface area contributed by atoms with Crippen molar-refractivity contribution in [1.82, 2.24) is 0 Å². The van der Waals surface area contributed by atoms with Gasteiger partial charge >= 0.3 is 0 Å². The number of aliphatic imine (C=N–C) groups is 1. The first-order valence-electron chi connectivity index (χ1n) is 10.2. The van der Waals surface area contributed by atoms with Crippen molar-refractivity contribution in [3.8, 4) is 0 Å². The van der Waals surface area contributed by atoms with Crippen LogP contribution in [0.25, 0.3) is 0 Å². The summed E-state index contributed by atoms with van der Waals surface area (Å²) in [5.41, 5.74) is 3.86. The highest BCUT2D eigenvalue weighted by atomic mass is 35.5. The fourth-order valence-electron chi connectivity index (χ4n) is 4.26. The molecule has 0 amide bonds.